The summed E-state index contributed by atoms with van der Waals surface area (Å²) < 4.78 is 16.4. The van der Waals surface area contributed by atoms with Gasteiger partial charge in [0, 0.05) is 7.11 Å². The molecule has 0 radical (unpaired) electrons. The van der Waals surface area contributed by atoms with Gasteiger partial charge >= 0.3 is 0 Å². The van der Waals surface area contributed by atoms with Crippen molar-refractivity contribution in [1.82, 2.24) is 0 Å². The molecule has 2 unspecified atom stereocenters. The number of aliphatic hydroxyl groups is 1. The molecule has 118 valence electrons. The van der Waals surface area contributed by atoms with Crippen LogP contribution in [0.5, 0.6) is 11.5 Å². The maximum atomic E-state index is 10.9. The summed E-state index contributed by atoms with van der Waals surface area (Å²) in [6.07, 6.45) is 4.93. The summed E-state index contributed by atoms with van der Waals surface area (Å²) in [4.78, 5) is 0. The van der Waals surface area contributed by atoms with Crippen LogP contribution in [0.1, 0.15) is 43.8 Å². The Labute approximate surface area is 127 Å². The van der Waals surface area contributed by atoms with E-state index in [1.807, 2.05) is 18.2 Å². The van der Waals surface area contributed by atoms with Crippen molar-refractivity contribution >= 4 is 0 Å². The normalized spacial score (nSPS) is 19.0. The van der Waals surface area contributed by atoms with Crippen LogP contribution in [0.2, 0.25) is 0 Å². The maximum absolute atomic E-state index is 10.9. The van der Waals surface area contributed by atoms with Crippen molar-refractivity contribution in [3.8, 4) is 11.5 Å². The third kappa shape index (κ3) is 3.50. The van der Waals surface area contributed by atoms with E-state index in [1.165, 1.54) is 19.3 Å². The summed E-state index contributed by atoms with van der Waals surface area (Å²) in [5.74, 6) is 1.66. The summed E-state index contributed by atoms with van der Waals surface area (Å²) >= 11 is 0. The summed E-state index contributed by atoms with van der Waals surface area (Å²) in [5.41, 5.74) is 0.680. The molecule has 0 amide bonds. The molecule has 0 aliphatic heterocycles. The van der Waals surface area contributed by atoms with E-state index >= 15 is 0 Å². The molecule has 0 saturated heterocycles. The van der Waals surface area contributed by atoms with Crippen LogP contribution in [0.15, 0.2) is 18.2 Å². The largest absolute Gasteiger partial charge is 0.496 e. The van der Waals surface area contributed by atoms with Gasteiger partial charge in [0.15, 0.2) is 0 Å². The Morgan fingerprint density at radius 1 is 1.00 bits per heavy atom. The Hall–Kier alpha value is -1.26. The topological polar surface area (TPSA) is 47.9 Å². The van der Waals surface area contributed by atoms with Gasteiger partial charge in [-0.3, -0.25) is 0 Å². The van der Waals surface area contributed by atoms with Crippen LogP contribution in [0.4, 0.5) is 0 Å². The van der Waals surface area contributed by atoms with Gasteiger partial charge in [-0.05, 0) is 30.9 Å². The Bertz CT molecular complexity index is 418. The monoisotopic (exact) mass is 294 g/mol. The molecule has 0 spiro atoms. The molecule has 1 aliphatic rings. The maximum Gasteiger partial charge on any atom is 0.128 e. The van der Waals surface area contributed by atoms with Gasteiger partial charge in [-0.25, -0.2) is 0 Å². The number of ether oxygens (including phenoxy) is 3. The number of hydrogen-bond donors (Lipinski definition) is 1. The molecule has 0 aromatic heterocycles. The highest BCUT2D eigenvalue weighted by Crippen LogP contribution is 2.40. The van der Waals surface area contributed by atoms with E-state index in [4.69, 9.17) is 14.2 Å². The van der Waals surface area contributed by atoms with E-state index in [2.05, 4.69) is 0 Å². The van der Waals surface area contributed by atoms with Gasteiger partial charge < -0.3 is 19.3 Å². The second kappa shape index (κ2) is 7.66. The van der Waals surface area contributed by atoms with Gasteiger partial charge in [-0.1, -0.05) is 25.3 Å². The first-order valence-electron chi connectivity index (χ1n) is 7.64. The molecular formula is C17H26O4. The van der Waals surface area contributed by atoms with Crippen LogP contribution in [-0.2, 0) is 4.74 Å². The fourth-order valence-corrected chi connectivity index (χ4v) is 3.38. The smallest absolute Gasteiger partial charge is 0.128 e. The molecule has 2 atom stereocenters. The van der Waals surface area contributed by atoms with Crippen molar-refractivity contribution in [3.63, 3.8) is 0 Å². The minimum atomic E-state index is -0.746. The molecule has 2 rings (SSSR count). The van der Waals surface area contributed by atoms with Crippen molar-refractivity contribution in [3.05, 3.63) is 23.8 Å². The Balaban J connectivity index is 2.29. The molecular weight excluding hydrogens is 268 g/mol. The molecule has 4 heteroatoms. The molecule has 1 fully saturated rings. The average Bonchev–Trinajstić information content (AvgIpc) is 2.55. The van der Waals surface area contributed by atoms with E-state index in [-0.39, 0.29) is 6.10 Å². The second-order valence-electron chi connectivity index (χ2n) is 5.62. The molecule has 21 heavy (non-hydrogen) atoms. The van der Waals surface area contributed by atoms with Crippen LogP contribution in [-0.4, -0.2) is 32.5 Å². The number of rotatable bonds is 6. The molecule has 0 heterocycles. The zero-order valence-electron chi connectivity index (χ0n) is 13.2. The number of methoxy groups -OCH3 is 3. The fourth-order valence-electron chi connectivity index (χ4n) is 3.38. The Kier molecular flexibility index (Phi) is 5.88. The Morgan fingerprint density at radius 3 is 2.05 bits per heavy atom. The van der Waals surface area contributed by atoms with Crippen LogP contribution < -0.4 is 9.47 Å². The zero-order chi connectivity index (χ0) is 15.2. The minimum absolute atomic E-state index is 0.226. The molecule has 1 saturated carbocycles. The standard InChI is InChI=1S/C17H26O4/c1-19-13-10-7-11-14(20-2)15(13)16(18)17(21-3)12-8-5-4-6-9-12/h7,10-12,16-18H,4-6,8-9H2,1-3H3. The highest BCUT2D eigenvalue weighted by Gasteiger charge is 2.33. The highest BCUT2D eigenvalue weighted by atomic mass is 16.5. The van der Waals surface area contributed by atoms with Crippen molar-refractivity contribution in [1.29, 1.82) is 0 Å². The summed E-state index contributed by atoms with van der Waals surface area (Å²) in [5, 5.41) is 10.9. The fraction of sp³-hybridized carbons (Fsp3) is 0.647. The SMILES string of the molecule is COc1cccc(OC)c1C(O)C(OC)C1CCCCC1. The van der Waals surface area contributed by atoms with E-state index in [1.54, 1.807) is 21.3 Å². The van der Waals surface area contributed by atoms with Gasteiger partial charge in [0.25, 0.3) is 0 Å². The van der Waals surface area contributed by atoms with Gasteiger partial charge in [0.1, 0.15) is 17.6 Å². The lowest BCUT2D eigenvalue weighted by Crippen LogP contribution is -2.31. The Morgan fingerprint density at radius 2 is 1.57 bits per heavy atom. The molecule has 1 aromatic rings. The van der Waals surface area contributed by atoms with Crippen molar-refractivity contribution in [2.24, 2.45) is 5.92 Å². The molecule has 1 aromatic carbocycles. The number of aliphatic hydroxyl groups excluding tert-OH is 1. The first kappa shape index (κ1) is 16.1. The van der Waals surface area contributed by atoms with Crippen molar-refractivity contribution < 1.29 is 19.3 Å². The predicted octanol–water partition coefficient (Wildman–Crippen LogP) is 3.33. The third-order valence-corrected chi connectivity index (χ3v) is 4.46. The first-order valence-corrected chi connectivity index (χ1v) is 7.64. The molecule has 1 aliphatic carbocycles. The van der Waals surface area contributed by atoms with E-state index in [0.717, 1.165) is 12.8 Å². The third-order valence-electron chi connectivity index (χ3n) is 4.46. The zero-order valence-corrected chi connectivity index (χ0v) is 13.2. The van der Waals surface area contributed by atoms with Crippen LogP contribution >= 0.6 is 0 Å². The quantitative estimate of drug-likeness (QED) is 0.874. The molecule has 1 N–H and O–H groups in total. The van der Waals surface area contributed by atoms with Crippen LogP contribution in [0.25, 0.3) is 0 Å². The molecule has 0 bridgehead atoms. The molecule has 4 nitrogen and oxygen atoms in total. The van der Waals surface area contributed by atoms with Crippen LogP contribution in [0, 0.1) is 5.92 Å². The van der Waals surface area contributed by atoms with E-state index in [0.29, 0.717) is 23.0 Å². The van der Waals surface area contributed by atoms with Crippen molar-refractivity contribution in [2.45, 2.75) is 44.3 Å². The average molecular weight is 294 g/mol. The van der Waals surface area contributed by atoms with Gasteiger partial charge in [0.2, 0.25) is 0 Å². The minimum Gasteiger partial charge on any atom is -0.496 e. The van der Waals surface area contributed by atoms with Crippen molar-refractivity contribution in [2.75, 3.05) is 21.3 Å². The van der Waals surface area contributed by atoms with E-state index < -0.39 is 6.10 Å². The highest BCUT2D eigenvalue weighted by molar-refractivity contribution is 5.46. The van der Waals surface area contributed by atoms with Crippen LogP contribution in [0.3, 0.4) is 0 Å². The predicted molar refractivity (Wildman–Crippen MR) is 81.9 cm³/mol. The van der Waals surface area contributed by atoms with Gasteiger partial charge in [-0.15, -0.1) is 0 Å². The lowest BCUT2D eigenvalue weighted by atomic mass is 9.81. The van der Waals surface area contributed by atoms with Gasteiger partial charge in [0.05, 0.1) is 25.9 Å². The second-order valence-corrected chi connectivity index (χ2v) is 5.62. The first-order chi connectivity index (χ1) is 10.2. The van der Waals surface area contributed by atoms with E-state index in [9.17, 15) is 5.11 Å². The summed E-state index contributed by atoms with van der Waals surface area (Å²) in [6, 6.07) is 5.54. The summed E-state index contributed by atoms with van der Waals surface area (Å²) in [7, 11) is 4.88. The summed E-state index contributed by atoms with van der Waals surface area (Å²) in [6.45, 7) is 0. The van der Waals surface area contributed by atoms with Gasteiger partial charge in [-0.2, -0.15) is 0 Å². The lowest BCUT2D eigenvalue weighted by molar-refractivity contribution is -0.0573. The number of hydrogen-bond acceptors (Lipinski definition) is 4. The number of benzene rings is 1. The lowest BCUT2D eigenvalue weighted by Gasteiger charge is -2.33.